The average molecular weight is 740 g/mol. The molecule has 0 fully saturated rings. The van der Waals surface area contributed by atoms with Gasteiger partial charge in [-0.05, 0) is 42.5 Å². The fourth-order valence-electron chi connectivity index (χ4n) is 2.43. The summed E-state index contributed by atoms with van der Waals surface area (Å²) in [6.07, 6.45) is -2.98. The summed E-state index contributed by atoms with van der Waals surface area (Å²) in [5.74, 6) is 0. The second-order valence-corrected chi connectivity index (χ2v) is 8.22. The van der Waals surface area contributed by atoms with Gasteiger partial charge in [0.2, 0.25) is 0 Å². The van der Waals surface area contributed by atoms with Crippen molar-refractivity contribution in [3.8, 4) is 11.3 Å². The molecule has 0 atom stereocenters. The first kappa shape index (κ1) is 33.5. The number of alkyl halides is 6. The van der Waals surface area contributed by atoms with Crippen LogP contribution in [0.2, 0.25) is 10.0 Å². The molecule has 0 saturated heterocycles. The Morgan fingerprint density at radius 1 is 0.730 bits per heavy atom. The van der Waals surface area contributed by atoms with E-state index in [1.807, 2.05) is 12.1 Å². The van der Waals surface area contributed by atoms with Crippen molar-refractivity contribution in [3.05, 3.63) is 117 Å². The molecule has 37 heavy (non-hydrogen) atoms. The van der Waals surface area contributed by atoms with Crippen LogP contribution in [0.25, 0.3) is 11.3 Å². The standard InChI is InChI=1S/C12H7ClF3N.C7H3BrClF3.C5H4N.BrH.Zn/c13-10-5-4-8(7-9(10)12(14,15)16)11-3-1-2-6-17-11;8-4-1-2-6(9)5(3-4)7(10,11)12;1-2-4-6-5-3-1;;/h1-7H;1-3H;1-4H;1H;/q;;-1;;+2/p-1. The Kier molecular flexibility index (Phi) is 14.9. The van der Waals surface area contributed by atoms with Crippen LogP contribution < -0.4 is 0 Å². The van der Waals surface area contributed by atoms with Gasteiger partial charge in [0.1, 0.15) is 0 Å². The minimum Gasteiger partial charge on any atom is -0.394 e. The zero-order valence-corrected chi connectivity index (χ0v) is 26.1. The van der Waals surface area contributed by atoms with Gasteiger partial charge in [0.05, 0.1) is 26.9 Å². The number of benzene rings is 2. The molecule has 4 rings (SSSR count). The molecule has 2 heterocycles. The number of halogens is 10. The van der Waals surface area contributed by atoms with E-state index in [9.17, 15) is 26.3 Å². The molecular formula is C24H14Br2Cl2F6N2Zn. The largest absolute Gasteiger partial charge is 0.394 e. The van der Waals surface area contributed by atoms with Crippen molar-refractivity contribution in [3.63, 3.8) is 0 Å². The van der Waals surface area contributed by atoms with Crippen molar-refractivity contribution >= 4 is 52.8 Å². The van der Waals surface area contributed by atoms with Crippen LogP contribution in [0.15, 0.2) is 89.7 Å². The third-order valence-electron chi connectivity index (χ3n) is 3.98. The van der Waals surface area contributed by atoms with E-state index >= 15 is 0 Å². The second kappa shape index (κ2) is 16.4. The van der Waals surface area contributed by atoms with Crippen molar-refractivity contribution in [2.75, 3.05) is 0 Å². The summed E-state index contributed by atoms with van der Waals surface area (Å²) in [5, 5.41) is -0.595. The second-order valence-electron chi connectivity index (χ2n) is 6.49. The van der Waals surface area contributed by atoms with Gasteiger partial charge >= 0.3 is 42.3 Å². The predicted octanol–water partition coefficient (Wildman–Crippen LogP) is 10.3. The summed E-state index contributed by atoms with van der Waals surface area (Å²) in [7, 11) is 0. The number of aromatic nitrogens is 2. The van der Waals surface area contributed by atoms with E-state index in [1.165, 1.54) is 46.8 Å². The third-order valence-corrected chi connectivity index (χ3v) is 5.14. The number of hydrogen-bond acceptors (Lipinski definition) is 2. The maximum atomic E-state index is 12.6. The van der Waals surface area contributed by atoms with Crippen LogP contribution in [-0.2, 0) is 28.7 Å². The first-order valence-corrected chi connectivity index (χ1v) is 18.2. The van der Waals surface area contributed by atoms with Gasteiger partial charge in [-0.1, -0.05) is 63.7 Å². The summed E-state index contributed by atoms with van der Waals surface area (Å²) >= 11 is 18.0. The van der Waals surface area contributed by atoms with Gasteiger partial charge in [-0.15, -0.1) is 0 Å². The van der Waals surface area contributed by atoms with Gasteiger partial charge in [0, 0.05) is 16.2 Å². The molecule has 0 N–H and O–H groups in total. The molecule has 0 unspecified atom stereocenters. The Labute approximate surface area is 244 Å². The normalized spacial score (nSPS) is 10.6. The van der Waals surface area contributed by atoms with E-state index in [0.29, 0.717) is 15.7 Å². The van der Waals surface area contributed by atoms with Gasteiger partial charge in [0.15, 0.2) is 0 Å². The number of rotatable bonds is 1. The van der Waals surface area contributed by atoms with E-state index in [0.717, 1.165) is 12.1 Å². The van der Waals surface area contributed by atoms with Gasteiger partial charge < -0.3 is 4.98 Å². The molecule has 2 nitrogen and oxygen atoms in total. The Bertz CT molecular complexity index is 1190. The molecule has 4 aromatic rings. The quantitative estimate of drug-likeness (QED) is 0.110. The zero-order valence-electron chi connectivity index (χ0n) is 18.5. The minimum absolute atomic E-state index is 0.286. The molecule has 2 aromatic heterocycles. The van der Waals surface area contributed by atoms with Crippen molar-refractivity contribution < 1.29 is 42.7 Å². The van der Waals surface area contributed by atoms with Crippen LogP contribution in [-0.4, -0.2) is 9.97 Å². The molecule has 0 aliphatic carbocycles. The molecule has 0 spiro atoms. The van der Waals surface area contributed by atoms with Crippen molar-refractivity contribution in [2.24, 2.45) is 0 Å². The Morgan fingerprint density at radius 2 is 1.30 bits per heavy atom. The summed E-state index contributed by atoms with van der Waals surface area (Å²) < 4.78 is 74.6. The van der Waals surface area contributed by atoms with E-state index in [1.54, 1.807) is 30.5 Å². The van der Waals surface area contributed by atoms with Crippen molar-refractivity contribution in [1.82, 2.24) is 9.97 Å². The van der Waals surface area contributed by atoms with E-state index in [2.05, 4.69) is 45.7 Å². The Hall–Kier alpha value is -1.52. The molecule has 0 aliphatic rings. The zero-order chi connectivity index (χ0) is 28.1. The number of pyridine rings is 2. The summed E-state index contributed by atoms with van der Waals surface area (Å²) in [5.41, 5.74) is -0.794. The van der Waals surface area contributed by atoms with Gasteiger partial charge in [0.25, 0.3) is 0 Å². The maximum absolute atomic E-state index is 12.6. The molecule has 0 amide bonds. The monoisotopic (exact) mass is 736 g/mol. The van der Waals surface area contributed by atoms with Gasteiger partial charge in [-0.2, -0.15) is 44.5 Å². The third kappa shape index (κ3) is 12.3. The minimum atomic E-state index is -4.46. The smallest absolute Gasteiger partial charge is 0.0813 e. The molecule has 192 valence electrons. The first-order valence-electron chi connectivity index (χ1n) is 9.74. The first-order chi connectivity index (χ1) is 17.4. The van der Waals surface area contributed by atoms with E-state index < -0.39 is 23.5 Å². The van der Waals surface area contributed by atoms with Gasteiger partial charge in [-0.25, -0.2) is 0 Å². The fraction of sp³-hybridized carbons (Fsp3) is 0.0833. The number of nitrogens with zero attached hydrogens (tertiary/aromatic N) is 2. The average Bonchev–Trinajstić information content (AvgIpc) is 2.88. The molecule has 0 saturated carbocycles. The van der Waals surface area contributed by atoms with Crippen molar-refractivity contribution in [1.29, 1.82) is 0 Å². The molecule has 0 radical (unpaired) electrons. The van der Waals surface area contributed by atoms with Crippen LogP contribution in [0.4, 0.5) is 26.3 Å². The Balaban J connectivity index is 0.000000296. The molecule has 2 aromatic carbocycles. The Morgan fingerprint density at radius 3 is 1.70 bits per heavy atom. The summed E-state index contributed by atoms with van der Waals surface area (Å²) in [6.45, 7) is 0. The van der Waals surface area contributed by atoms with Crippen LogP contribution >= 0.6 is 52.8 Å². The maximum Gasteiger partial charge on any atom is -0.0813 e. The van der Waals surface area contributed by atoms with E-state index in [-0.39, 0.29) is 10.0 Å². The predicted molar refractivity (Wildman–Crippen MR) is 136 cm³/mol. The van der Waals surface area contributed by atoms with Crippen LogP contribution in [0, 0.1) is 6.20 Å². The molecular weight excluding hydrogens is 726 g/mol. The topological polar surface area (TPSA) is 25.8 Å². The SMILES string of the molecule is FC(F)(F)c1cc(-c2ccccn2)ccc1Cl.FC(F)(F)c1cc(Br)ccc1Cl.[Zn+][Br].[c-]1ccccn1. The fourth-order valence-corrected chi connectivity index (χ4v) is 3.24. The van der Waals surface area contributed by atoms with E-state index in [4.69, 9.17) is 23.2 Å². The molecule has 0 aliphatic heterocycles. The van der Waals surface area contributed by atoms with Crippen LogP contribution in [0.1, 0.15) is 11.1 Å². The van der Waals surface area contributed by atoms with Crippen LogP contribution in [0.5, 0.6) is 0 Å². The van der Waals surface area contributed by atoms with Crippen LogP contribution in [0.3, 0.4) is 0 Å². The molecule has 13 heteroatoms. The summed E-state index contributed by atoms with van der Waals surface area (Å²) in [4.78, 5) is 7.65. The van der Waals surface area contributed by atoms with Gasteiger partial charge in [-0.3, -0.25) is 4.98 Å². The van der Waals surface area contributed by atoms with Crippen molar-refractivity contribution in [2.45, 2.75) is 12.4 Å². The summed E-state index contributed by atoms with van der Waals surface area (Å²) in [6, 6.07) is 17.9. The number of hydrogen-bond donors (Lipinski definition) is 0. The molecule has 0 bridgehead atoms.